The highest BCUT2D eigenvalue weighted by molar-refractivity contribution is 5.85. The van der Waals surface area contributed by atoms with Gasteiger partial charge in [0.15, 0.2) is 0 Å². The molecule has 2 aliphatic heterocycles. The zero-order chi connectivity index (χ0) is 13.9. The molecule has 2 unspecified atom stereocenters. The first kappa shape index (κ1) is 16.3. The molecular weight excluding hydrogens is 284 g/mol. The second-order valence-electron chi connectivity index (χ2n) is 6.36. The normalized spacial score (nSPS) is 27.0. The zero-order valence-electron chi connectivity index (χ0n) is 12.6. The minimum absolute atomic E-state index is 0. The Morgan fingerprint density at radius 3 is 2.67 bits per heavy atom. The first-order chi connectivity index (χ1) is 9.69. The van der Waals surface area contributed by atoms with Gasteiger partial charge in [-0.3, -0.25) is 4.79 Å². The molecule has 0 saturated carbocycles. The van der Waals surface area contributed by atoms with Gasteiger partial charge in [-0.2, -0.15) is 0 Å². The van der Waals surface area contributed by atoms with E-state index < -0.39 is 0 Å². The first-order valence-corrected chi connectivity index (χ1v) is 7.80. The largest absolute Gasteiger partial charge is 0.353 e. The van der Waals surface area contributed by atoms with E-state index in [-0.39, 0.29) is 18.3 Å². The van der Waals surface area contributed by atoms with Crippen LogP contribution in [0.4, 0.5) is 0 Å². The number of carbonyl (C=O) groups is 1. The Bertz CT molecular complexity index is 479. The molecule has 0 spiro atoms. The van der Waals surface area contributed by atoms with Crippen molar-refractivity contribution in [2.45, 2.75) is 63.6 Å². The van der Waals surface area contributed by atoms with Gasteiger partial charge in [-0.15, -0.1) is 12.4 Å². The Kier molecular flexibility index (Phi) is 5.65. The summed E-state index contributed by atoms with van der Waals surface area (Å²) in [6, 6.07) is 10.1. The van der Waals surface area contributed by atoms with Crippen molar-refractivity contribution in [3.63, 3.8) is 0 Å². The van der Waals surface area contributed by atoms with Gasteiger partial charge in [-0.25, -0.2) is 0 Å². The molecule has 4 heteroatoms. The summed E-state index contributed by atoms with van der Waals surface area (Å²) < 4.78 is 0. The van der Waals surface area contributed by atoms with Crippen molar-refractivity contribution >= 4 is 18.3 Å². The van der Waals surface area contributed by atoms with E-state index in [0.29, 0.717) is 24.5 Å². The highest BCUT2D eigenvalue weighted by Crippen LogP contribution is 2.26. The lowest BCUT2D eigenvalue weighted by Gasteiger charge is -2.29. The van der Waals surface area contributed by atoms with Gasteiger partial charge in [0, 0.05) is 24.5 Å². The lowest BCUT2D eigenvalue weighted by molar-refractivity contribution is -0.122. The Morgan fingerprint density at radius 1 is 1.29 bits per heavy atom. The Labute approximate surface area is 133 Å². The number of carbonyl (C=O) groups excluding carboxylic acids is 1. The summed E-state index contributed by atoms with van der Waals surface area (Å²) in [5.41, 5.74) is 2.52. The highest BCUT2D eigenvalue weighted by atomic mass is 35.5. The molecule has 21 heavy (non-hydrogen) atoms. The third-order valence-electron chi connectivity index (χ3n) is 4.56. The quantitative estimate of drug-likeness (QED) is 0.898. The summed E-state index contributed by atoms with van der Waals surface area (Å²) >= 11 is 0. The van der Waals surface area contributed by atoms with Crippen LogP contribution in [0.3, 0.4) is 0 Å². The van der Waals surface area contributed by atoms with Crippen LogP contribution in [0, 0.1) is 6.92 Å². The molecule has 1 aromatic rings. The second-order valence-corrected chi connectivity index (χ2v) is 6.36. The van der Waals surface area contributed by atoms with Crippen molar-refractivity contribution in [2.24, 2.45) is 0 Å². The Morgan fingerprint density at radius 2 is 2.00 bits per heavy atom. The number of benzene rings is 1. The van der Waals surface area contributed by atoms with Crippen molar-refractivity contribution in [3.8, 4) is 0 Å². The van der Waals surface area contributed by atoms with Gasteiger partial charge in [-0.1, -0.05) is 29.8 Å². The molecule has 3 rings (SSSR count). The van der Waals surface area contributed by atoms with E-state index in [1.807, 2.05) is 0 Å². The maximum Gasteiger partial charge on any atom is 0.220 e. The van der Waals surface area contributed by atoms with E-state index >= 15 is 0 Å². The van der Waals surface area contributed by atoms with E-state index in [0.717, 1.165) is 19.3 Å². The van der Waals surface area contributed by atoms with Crippen molar-refractivity contribution in [3.05, 3.63) is 35.4 Å². The summed E-state index contributed by atoms with van der Waals surface area (Å²) in [6.07, 6.45) is 6.20. The summed E-state index contributed by atoms with van der Waals surface area (Å²) in [7, 11) is 0. The molecule has 0 radical (unpaired) electrons. The molecule has 2 atom stereocenters. The van der Waals surface area contributed by atoms with Gasteiger partial charge < -0.3 is 10.6 Å². The third kappa shape index (κ3) is 4.45. The van der Waals surface area contributed by atoms with Crippen LogP contribution in [0.1, 0.15) is 43.2 Å². The molecule has 2 bridgehead atoms. The van der Waals surface area contributed by atoms with Crippen LogP contribution in [0.2, 0.25) is 0 Å². The van der Waals surface area contributed by atoms with Gasteiger partial charge in [0.2, 0.25) is 5.91 Å². The molecule has 2 aliphatic rings. The number of nitrogens with one attached hydrogen (secondary N) is 2. The van der Waals surface area contributed by atoms with Crippen molar-refractivity contribution in [1.82, 2.24) is 10.6 Å². The zero-order valence-corrected chi connectivity index (χ0v) is 13.4. The van der Waals surface area contributed by atoms with Crippen LogP contribution in [0.25, 0.3) is 0 Å². The number of piperidine rings is 1. The van der Waals surface area contributed by atoms with Crippen molar-refractivity contribution < 1.29 is 4.79 Å². The van der Waals surface area contributed by atoms with Crippen LogP contribution >= 0.6 is 12.4 Å². The number of fused-ring (bicyclic) bond motifs is 2. The number of amides is 1. The standard InChI is InChI=1S/C17H24N2O.ClH/c1-12-3-2-4-13(9-12)5-8-17(20)19-16-10-14-6-7-15(11-16)18-14;/h2-4,9,14-16,18H,5-8,10-11H2,1H3,(H,19,20);1H. The van der Waals surface area contributed by atoms with Gasteiger partial charge in [0.05, 0.1) is 0 Å². The van der Waals surface area contributed by atoms with E-state index in [9.17, 15) is 4.79 Å². The monoisotopic (exact) mass is 308 g/mol. The lowest BCUT2D eigenvalue weighted by Crippen LogP contribution is -2.48. The summed E-state index contributed by atoms with van der Waals surface area (Å²) in [5, 5.41) is 6.83. The molecule has 2 saturated heterocycles. The van der Waals surface area contributed by atoms with E-state index in [4.69, 9.17) is 0 Å². The minimum Gasteiger partial charge on any atom is -0.353 e. The van der Waals surface area contributed by atoms with E-state index in [1.54, 1.807) is 0 Å². The smallest absolute Gasteiger partial charge is 0.220 e. The lowest BCUT2D eigenvalue weighted by atomic mass is 9.99. The number of hydrogen-bond donors (Lipinski definition) is 2. The maximum atomic E-state index is 12.1. The highest BCUT2D eigenvalue weighted by Gasteiger charge is 2.33. The maximum absolute atomic E-state index is 12.1. The molecule has 2 fully saturated rings. The fourth-order valence-electron chi connectivity index (χ4n) is 3.60. The SMILES string of the molecule is Cc1cccc(CCC(=O)NC2CC3CCC(C2)N3)c1.Cl. The predicted octanol–water partition coefficient (Wildman–Crippen LogP) is 2.75. The van der Waals surface area contributed by atoms with Gasteiger partial charge in [0.1, 0.15) is 0 Å². The fourth-order valence-corrected chi connectivity index (χ4v) is 3.60. The minimum atomic E-state index is 0. The molecule has 116 valence electrons. The van der Waals surface area contributed by atoms with Gasteiger partial charge in [-0.05, 0) is 44.6 Å². The molecule has 0 aromatic heterocycles. The number of halogens is 1. The fraction of sp³-hybridized carbons (Fsp3) is 0.588. The average Bonchev–Trinajstić information content (AvgIpc) is 2.76. The number of aryl methyl sites for hydroxylation is 2. The topological polar surface area (TPSA) is 41.1 Å². The molecule has 0 aliphatic carbocycles. The van der Waals surface area contributed by atoms with Gasteiger partial charge >= 0.3 is 0 Å². The third-order valence-corrected chi connectivity index (χ3v) is 4.56. The van der Waals surface area contributed by atoms with E-state index in [2.05, 4.69) is 41.8 Å². The average molecular weight is 309 g/mol. The molecule has 2 N–H and O–H groups in total. The van der Waals surface area contributed by atoms with Crippen molar-refractivity contribution in [1.29, 1.82) is 0 Å². The van der Waals surface area contributed by atoms with E-state index in [1.165, 1.54) is 24.0 Å². The van der Waals surface area contributed by atoms with Crippen molar-refractivity contribution in [2.75, 3.05) is 0 Å². The number of hydrogen-bond acceptors (Lipinski definition) is 2. The van der Waals surface area contributed by atoms with Crippen LogP contribution in [0.5, 0.6) is 0 Å². The molecule has 1 amide bonds. The molecular formula is C17H25ClN2O. The predicted molar refractivity (Wildman–Crippen MR) is 87.9 cm³/mol. The van der Waals surface area contributed by atoms with Crippen LogP contribution < -0.4 is 10.6 Å². The Hall–Kier alpha value is -1.06. The molecule has 3 nitrogen and oxygen atoms in total. The van der Waals surface area contributed by atoms with Gasteiger partial charge in [0.25, 0.3) is 0 Å². The molecule has 2 heterocycles. The van der Waals surface area contributed by atoms with Crippen LogP contribution in [0.15, 0.2) is 24.3 Å². The Balaban J connectivity index is 0.00000161. The summed E-state index contributed by atoms with van der Waals surface area (Å²) in [6.45, 7) is 2.09. The summed E-state index contributed by atoms with van der Waals surface area (Å²) in [5.74, 6) is 0.206. The first-order valence-electron chi connectivity index (χ1n) is 7.80. The van der Waals surface area contributed by atoms with Crippen LogP contribution in [-0.4, -0.2) is 24.0 Å². The second kappa shape index (κ2) is 7.28. The summed E-state index contributed by atoms with van der Waals surface area (Å²) in [4.78, 5) is 12.1. The van der Waals surface area contributed by atoms with Crippen LogP contribution in [-0.2, 0) is 11.2 Å². The number of rotatable bonds is 4. The molecule has 1 aromatic carbocycles.